The van der Waals surface area contributed by atoms with Gasteiger partial charge in [-0.05, 0) is 18.2 Å². The Morgan fingerprint density at radius 1 is 1.10 bits per heavy atom. The fourth-order valence-electron chi connectivity index (χ4n) is 1.72. The van der Waals surface area contributed by atoms with Crippen LogP contribution in [0.1, 0.15) is 5.56 Å². The molecule has 0 fully saturated rings. The summed E-state index contributed by atoms with van der Waals surface area (Å²) in [4.78, 5) is 13.9. The van der Waals surface area contributed by atoms with Crippen LogP contribution < -0.4 is 5.56 Å². The summed E-state index contributed by atoms with van der Waals surface area (Å²) in [7, 11) is 0. The number of aromatic amines is 1. The van der Waals surface area contributed by atoms with Crippen LogP contribution in [0.15, 0.2) is 29.2 Å². The van der Waals surface area contributed by atoms with Crippen molar-refractivity contribution in [3.63, 3.8) is 0 Å². The number of rotatable bonds is 1. The topological polar surface area (TPSA) is 32.9 Å². The molecule has 1 N–H and O–H groups in total. The molecule has 1 heterocycles. The van der Waals surface area contributed by atoms with Crippen molar-refractivity contribution in [2.45, 2.75) is 6.18 Å². The van der Waals surface area contributed by atoms with E-state index in [1.165, 1.54) is 6.07 Å². The zero-order valence-corrected chi connectivity index (χ0v) is 11.8. The number of hydrogen-bond acceptors (Lipinski definition) is 1. The Morgan fingerprint density at radius 2 is 1.75 bits per heavy atom. The summed E-state index contributed by atoms with van der Waals surface area (Å²) in [6.07, 6.45) is -3.80. The molecule has 2 aromatic rings. The molecule has 106 valence electrons. The van der Waals surface area contributed by atoms with Crippen LogP contribution in [0.2, 0.25) is 15.1 Å². The van der Waals surface area contributed by atoms with E-state index in [1.807, 2.05) is 0 Å². The second-order valence-electron chi connectivity index (χ2n) is 3.84. The highest BCUT2D eigenvalue weighted by Crippen LogP contribution is 2.40. The molecule has 0 saturated carbocycles. The fraction of sp³-hybridized carbons (Fsp3) is 0.0833. The lowest BCUT2D eigenvalue weighted by molar-refractivity contribution is -0.137. The molecule has 0 unspecified atom stereocenters. The number of aromatic nitrogens is 1. The fourth-order valence-corrected chi connectivity index (χ4v) is 2.42. The van der Waals surface area contributed by atoms with E-state index in [2.05, 4.69) is 4.98 Å². The minimum absolute atomic E-state index is 0.0365. The average molecular weight is 343 g/mol. The molecule has 0 aliphatic carbocycles. The summed E-state index contributed by atoms with van der Waals surface area (Å²) in [5, 5.41) is -0.130. The summed E-state index contributed by atoms with van der Waals surface area (Å²) in [5.74, 6) is 0. The molecular formula is C12H5Cl3F3NO. The molecule has 2 nitrogen and oxygen atoms in total. The van der Waals surface area contributed by atoms with Crippen molar-refractivity contribution < 1.29 is 13.2 Å². The quantitative estimate of drug-likeness (QED) is 0.725. The molecule has 0 spiro atoms. The molecule has 0 aliphatic rings. The van der Waals surface area contributed by atoms with E-state index < -0.39 is 22.9 Å². The first kappa shape index (κ1) is 15.2. The van der Waals surface area contributed by atoms with Crippen molar-refractivity contribution in [1.82, 2.24) is 4.98 Å². The second kappa shape index (κ2) is 5.31. The first-order valence-electron chi connectivity index (χ1n) is 5.15. The number of pyridine rings is 1. The first-order chi connectivity index (χ1) is 9.21. The Morgan fingerprint density at radius 3 is 2.35 bits per heavy atom. The van der Waals surface area contributed by atoms with Gasteiger partial charge in [0.15, 0.2) is 0 Å². The number of benzene rings is 1. The molecule has 1 aromatic heterocycles. The lowest BCUT2D eigenvalue weighted by atomic mass is 10.0. The maximum Gasteiger partial charge on any atom is 0.417 e. The number of nitrogens with one attached hydrogen (secondary N) is 1. The van der Waals surface area contributed by atoms with Gasteiger partial charge in [-0.25, -0.2) is 0 Å². The van der Waals surface area contributed by atoms with Gasteiger partial charge in [0.1, 0.15) is 0 Å². The SMILES string of the molecule is O=c1[nH]ccc(C(F)(F)F)c1-c1cc(Cl)cc(Cl)c1Cl. The largest absolute Gasteiger partial charge is 0.417 e. The first-order valence-corrected chi connectivity index (χ1v) is 6.29. The van der Waals surface area contributed by atoms with Crippen LogP contribution in [0, 0.1) is 0 Å². The van der Waals surface area contributed by atoms with E-state index in [0.717, 1.165) is 18.3 Å². The number of alkyl halides is 3. The lowest BCUT2D eigenvalue weighted by Gasteiger charge is -2.13. The maximum atomic E-state index is 13.0. The molecule has 0 amide bonds. The van der Waals surface area contributed by atoms with E-state index in [1.54, 1.807) is 0 Å². The highest BCUT2D eigenvalue weighted by atomic mass is 35.5. The zero-order chi connectivity index (χ0) is 15.1. The monoisotopic (exact) mass is 341 g/mol. The van der Waals surface area contributed by atoms with Gasteiger partial charge in [0.2, 0.25) is 0 Å². The third kappa shape index (κ3) is 2.80. The Bertz CT molecular complexity index is 725. The van der Waals surface area contributed by atoms with Crippen LogP contribution in [-0.2, 0) is 6.18 Å². The van der Waals surface area contributed by atoms with Crippen molar-refractivity contribution in [3.05, 3.63) is 55.4 Å². The van der Waals surface area contributed by atoms with Gasteiger partial charge >= 0.3 is 6.18 Å². The van der Waals surface area contributed by atoms with Crippen molar-refractivity contribution in [2.75, 3.05) is 0 Å². The zero-order valence-electron chi connectivity index (χ0n) is 9.49. The van der Waals surface area contributed by atoms with Crippen LogP contribution in [0.3, 0.4) is 0 Å². The Labute approximate surface area is 126 Å². The molecule has 2 rings (SSSR count). The normalized spacial score (nSPS) is 11.7. The molecule has 0 aliphatic heterocycles. The molecule has 0 atom stereocenters. The average Bonchev–Trinajstić information content (AvgIpc) is 2.32. The molecule has 0 bridgehead atoms. The maximum absolute atomic E-state index is 13.0. The molecule has 0 saturated heterocycles. The number of hydrogen-bond donors (Lipinski definition) is 1. The summed E-state index contributed by atoms with van der Waals surface area (Å²) in [6, 6.07) is 3.19. The second-order valence-corrected chi connectivity index (χ2v) is 5.06. The van der Waals surface area contributed by atoms with Gasteiger partial charge in [0, 0.05) is 16.8 Å². The van der Waals surface area contributed by atoms with Gasteiger partial charge in [-0.2, -0.15) is 13.2 Å². The predicted octanol–water partition coefficient (Wildman–Crippen LogP) is 5.02. The van der Waals surface area contributed by atoms with Gasteiger partial charge in [0.25, 0.3) is 5.56 Å². The standard InChI is InChI=1S/C12H5Cl3F3NO/c13-5-3-6(10(15)8(14)4-5)9-7(12(16,17)18)1-2-19-11(9)20/h1-4H,(H,19,20). The third-order valence-electron chi connectivity index (χ3n) is 2.53. The summed E-state index contributed by atoms with van der Waals surface area (Å²) >= 11 is 17.4. The summed E-state index contributed by atoms with van der Waals surface area (Å²) in [5.41, 5.74) is -2.82. The highest BCUT2D eigenvalue weighted by Gasteiger charge is 2.35. The van der Waals surface area contributed by atoms with E-state index in [0.29, 0.717) is 0 Å². The van der Waals surface area contributed by atoms with Gasteiger partial charge in [-0.1, -0.05) is 34.8 Å². The molecule has 8 heteroatoms. The van der Waals surface area contributed by atoms with Crippen LogP contribution >= 0.6 is 34.8 Å². The summed E-state index contributed by atoms with van der Waals surface area (Å²) < 4.78 is 39.0. The van der Waals surface area contributed by atoms with Crippen LogP contribution in [0.25, 0.3) is 11.1 Å². The highest BCUT2D eigenvalue weighted by molar-refractivity contribution is 6.45. The predicted molar refractivity (Wildman–Crippen MR) is 72.5 cm³/mol. The van der Waals surface area contributed by atoms with E-state index >= 15 is 0 Å². The van der Waals surface area contributed by atoms with Crippen LogP contribution in [0.4, 0.5) is 13.2 Å². The van der Waals surface area contributed by atoms with Gasteiger partial charge in [-0.15, -0.1) is 0 Å². The van der Waals surface area contributed by atoms with Crippen LogP contribution in [0.5, 0.6) is 0 Å². The Kier molecular flexibility index (Phi) is 4.04. The minimum Gasteiger partial charge on any atom is -0.329 e. The Balaban J connectivity index is 2.87. The molecular weight excluding hydrogens is 337 g/mol. The molecule has 20 heavy (non-hydrogen) atoms. The minimum atomic E-state index is -4.71. The van der Waals surface area contributed by atoms with Crippen molar-refractivity contribution >= 4 is 34.8 Å². The van der Waals surface area contributed by atoms with E-state index in [4.69, 9.17) is 34.8 Å². The van der Waals surface area contributed by atoms with Crippen molar-refractivity contribution in [3.8, 4) is 11.1 Å². The van der Waals surface area contributed by atoms with Gasteiger partial charge in [-0.3, -0.25) is 4.79 Å². The molecule has 1 aromatic carbocycles. The number of H-pyrrole nitrogens is 1. The van der Waals surface area contributed by atoms with Crippen LogP contribution in [-0.4, -0.2) is 4.98 Å². The number of halogens is 6. The van der Waals surface area contributed by atoms with E-state index in [9.17, 15) is 18.0 Å². The summed E-state index contributed by atoms with van der Waals surface area (Å²) in [6.45, 7) is 0. The lowest BCUT2D eigenvalue weighted by Crippen LogP contribution is -2.17. The van der Waals surface area contributed by atoms with Crippen molar-refractivity contribution in [2.24, 2.45) is 0 Å². The van der Waals surface area contributed by atoms with Gasteiger partial charge in [0.05, 0.1) is 21.2 Å². The smallest absolute Gasteiger partial charge is 0.329 e. The van der Waals surface area contributed by atoms with Gasteiger partial charge < -0.3 is 4.98 Å². The van der Waals surface area contributed by atoms with Crippen molar-refractivity contribution in [1.29, 1.82) is 0 Å². The Hall–Kier alpha value is -1.17. The third-order valence-corrected chi connectivity index (χ3v) is 3.55. The van der Waals surface area contributed by atoms with E-state index in [-0.39, 0.29) is 20.6 Å². The molecule has 0 radical (unpaired) electrons.